The van der Waals surface area contributed by atoms with Gasteiger partial charge in [0.15, 0.2) is 5.69 Å². The average Bonchev–Trinajstić information content (AvgIpc) is 3.58. The molecule has 0 N–H and O–H groups in total. The van der Waals surface area contributed by atoms with Gasteiger partial charge in [-0.25, -0.2) is 14.4 Å². The Morgan fingerprint density at radius 1 is 0.921 bits per heavy atom. The second-order valence-corrected chi connectivity index (χ2v) is 10.7. The zero-order chi connectivity index (χ0) is 26.4. The van der Waals surface area contributed by atoms with Crippen LogP contribution in [0, 0.1) is 6.92 Å². The molecule has 0 atom stereocenters. The first-order chi connectivity index (χ1) is 18.4. The molecule has 0 saturated heterocycles. The third-order valence-electron chi connectivity index (χ3n) is 6.81. The molecule has 0 radical (unpaired) electrons. The Labute approximate surface area is 233 Å². The van der Waals surface area contributed by atoms with Gasteiger partial charge in [-0.3, -0.25) is 9.48 Å². The minimum absolute atomic E-state index is 0.189. The van der Waals surface area contributed by atoms with Crippen LogP contribution < -0.4 is 10.4 Å². The Bertz CT molecular complexity index is 1840. The van der Waals surface area contributed by atoms with Crippen LogP contribution in [-0.2, 0) is 13.5 Å². The van der Waals surface area contributed by atoms with Crippen molar-refractivity contribution in [1.29, 1.82) is 0 Å². The molecule has 5 aromatic rings. The van der Waals surface area contributed by atoms with Gasteiger partial charge >= 0.3 is 0 Å². The van der Waals surface area contributed by atoms with E-state index in [9.17, 15) is 4.79 Å². The van der Waals surface area contributed by atoms with Crippen LogP contribution in [0.4, 0.5) is 5.69 Å². The number of aryl methyl sites for hydroxylation is 1. The summed E-state index contributed by atoms with van der Waals surface area (Å²) in [4.78, 5) is 19.1. The first-order valence-corrected chi connectivity index (χ1v) is 13.8. The Morgan fingerprint density at radius 2 is 1.68 bits per heavy atom. The number of benzene rings is 3. The molecule has 2 aromatic heterocycles. The molecule has 0 saturated carbocycles. The average molecular weight is 561 g/mol. The molecule has 190 valence electrons. The Morgan fingerprint density at radius 3 is 2.47 bits per heavy atom. The van der Waals surface area contributed by atoms with Gasteiger partial charge < -0.3 is 0 Å². The predicted molar refractivity (Wildman–Crippen MR) is 155 cm³/mol. The van der Waals surface area contributed by atoms with Crippen molar-refractivity contribution in [2.75, 3.05) is 0 Å². The third kappa shape index (κ3) is 4.26. The van der Waals surface area contributed by atoms with Crippen LogP contribution >= 0.6 is 34.5 Å². The summed E-state index contributed by atoms with van der Waals surface area (Å²) in [5.74, 6) is 0. The van der Waals surface area contributed by atoms with Crippen molar-refractivity contribution in [3.8, 4) is 16.9 Å². The van der Waals surface area contributed by atoms with Gasteiger partial charge in [0.05, 0.1) is 32.8 Å². The highest BCUT2D eigenvalue weighted by Crippen LogP contribution is 2.30. The van der Waals surface area contributed by atoms with E-state index in [4.69, 9.17) is 33.3 Å². The lowest BCUT2D eigenvalue weighted by Crippen LogP contribution is -2.20. The molecule has 38 heavy (non-hydrogen) atoms. The number of fused-ring (bicyclic) bond motifs is 1. The number of para-hydroxylation sites is 1. The first kappa shape index (κ1) is 24.7. The van der Waals surface area contributed by atoms with Gasteiger partial charge in [0, 0.05) is 23.6 Å². The summed E-state index contributed by atoms with van der Waals surface area (Å²) in [6.45, 7) is 1.90. The van der Waals surface area contributed by atoms with Gasteiger partial charge in [-0.15, -0.1) is 11.3 Å². The molecule has 0 spiro atoms. The van der Waals surface area contributed by atoms with Gasteiger partial charge in [0.1, 0.15) is 0 Å². The van der Waals surface area contributed by atoms with E-state index in [1.807, 2.05) is 77.2 Å². The lowest BCUT2D eigenvalue weighted by Gasteiger charge is -2.07. The van der Waals surface area contributed by atoms with Crippen molar-refractivity contribution in [3.05, 3.63) is 120 Å². The van der Waals surface area contributed by atoms with E-state index in [0.29, 0.717) is 20.5 Å². The zero-order valence-electron chi connectivity index (χ0n) is 20.7. The van der Waals surface area contributed by atoms with Crippen molar-refractivity contribution in [2.45, 2.75) is 19.8 Å². The fourth-order valence-corrected chi connectivity index (χ4v) is 5.87. The molecule has 6 rings (SSSR count). The van der Waals surface area contributed by atoms with E-state index in [1.165, 1.54) is 16.9 Å². The van der Waals surface area contributed by atoms with E-state index < -0.39 is 0 Å². The SMILES string of the molecule is Cc1c(N=c2scc(-c3ccc(Cl)c(Cl)c3)n2N=C2CCc3ccccc32)c(=O)n(-c2ccccc2)n1C. The summed E-state index contributed by atoms with van der Waals surface area (Å²) < 4.78 is 5.28. The monoisotopic (exact) mass is 559 g/mol. The molecule has 9 heteroatoms. The third-order valence-corrected chi connectivity index (χ3v) is 8.37. The van der Waals surface area contributed by atoms with Crippen molar-refractivity contribution < 1.29 is 0 Å². The van der Waals surface area contributed by atoms with Gasteiger partial charge in [0.25, 0.3) is 5.56 Å². The van der Waals surface area contributed by atoms with E-state index >= 15 is 0 Å². The molecule has 0 unspecified atom stereocenters. The molecule has 6 nitrogen and oxygen atoms in total. The molecule has 3 aromatic carbocycles. The molecular formula is C29H23Cl2N5OS. The van der Waals surface area contributed by atoms with Gasteiger partial charge in [-0.2, -0.15) is 5.10 Å². The molecule has 1 aliphatic carbocycles. The molecule has 0 bridgehead atoms. The van der Waals surface area contributed by atoms with E-state index in [-0.39, 0.29) is 5.56 Å². The Hall–Kier alpha value is -3.65. The summed E-state index contributed by atoms with van der Waals surface area (Å²) in [5, 5.41) is 8.02. The summed E-state index contributed by atoms with van der Waals surface area (Å²) in [7, 11) is 1.86. The lowest BCUT2D eigenvalue weighted by atomic mass is 10.1. The topological polar surface area (TPSA) is 56.6 Å². The number of aromatic nitrogens is 3. The number of hydrogen-bond acceptors (Lipinski definition) is 4. The number of rotatable bonds is 4. The molecule has 0 fully saturated rings. The highest BCUT2D eigenvalue weighted by molar-refractivity contribution is 7.07. The largest absolute Gasteiger partial charge is 0.297 e. The maximum Gasteiger partial charge on any atom is 0.297 e. The van der Waals surface area contributed by atoms with Crippen LogP contribution in [0.1, 0.15) is 23.2 Å². The second kappa shape index (κ2) is 9.91. The number of halogens is 2. The van der Waals surface area contributed by atoms with Gasteiger partial charge in [-0.05, 0) is 49.6 Å². The zero-order valence-corrected chi connectivity index (χ0v) is 23.1. The van der Waals surface area contributed by atoms with Crippen LogP contribution in [0.25, 0.3) is 16.9 Å². The van der Waals surface area contributed by atoms with E-state index in [2.05, 4.69) is 18.2 Å². The highest BCUT2D eigenvalue weighted by atomic mass is 35.5. The lowest BCUT2D eigenvalue weighted by molar-refractivity contribution is 0.630. The fraction of sp³-hybridized carbons (Fsp3) is 0.138. The van der Waals surface area contributed by atoms with Crippen molar-refractivity contribution in [1.82, 2.24) is 14.0 Å². The second-order valence-electron chi connectivity index (χ2n) is 9.07. The summed E-state index contributed by atoms with van der Waals surface area (Å²) >= 11 is 14.0. The van der Waals surface area contributed by atoms with Crippen molar-refractivity contribution in [3.63, 3.8) is 0 Å². The van der Waals surface area contributed by atoms with Gasteiger partial charge in [-0.1, -0.05) is 71.7 Å². The Balaban J connectivity index is 1.58. The van der Waals surface area contributed by atoms with Crippen LogP contribution in [0.3, 0.4) is 0 Å². The molecule has 2 heterocycles. The van der Waals surface area contributed by atoms with Crippen LogP contribution in [0.15, 0.2) is 93.1 Å². The predicted octanol–water partition coefficient (Wildman–Crippen LogP) is 6.75. The minimum atomic E-state index is -0.189. The standard InChI is InChI=1S/C29H23Cl2N5OS/c1-18-27(28(37)36(34(18)2)21-9-4-3-5-10-21)32-29-35(33-25-15-13-19-8-6-7-11-22(19)25)26(17-38-29)20-12-14-23(30)24(31)16-20/h3-12,14,16-17H,13,15H2,1-2H3. The number of thiazole rings is 1. The van der Waals surface area contributed by atoms with Crippen LogP contribution in [0.2, 0.25) is 10.0 Å². The molecule has 1 aliphatic rings. The fourth-order valence-electron chi connectivity index (χ4n) is 4.74. The Kier molecular flexibility index (Phi) is 6.43. The molecular weight excluding hydrogens is 537 g/mol. The van der Waals surface area contributed by atoms with Crippen molar-refractivity contribution >= 4 is 45.9 Å². The number of hydrogen-bond donors (Lipinski definition) is 0. The molecule has 0 aliphatic heterocycles. The molecule has 0 amide bonds. The maximum atomic E-state index is 13.6. The highest BCUT2D eigenvalue weighted by Gasteiger charge is 2.20. The summed E-state index contributed by atoms with van der Waals surface area (Å²) in [6, 6.07) is 23.4. The maximum absolute atomic E-state index is 13.6. The quantitative estimate of drug-likeness (QED) is 0.240. The summed E-state index contributed by atoms with van der Waals surface area (Å²) in [5.41, 5.74) is 6.80. The smallest absolute Gasteiger partial charge is 0.283 e. The normalized spacial score (nSPS) is 14.4. The first-order valence-electron chi connectivity index (χ1n) is 12.1. The van der Waals surface area contributed by atoms with Crippen molar-refractivity contribution in [2.24, 2.45) is 17.1 Å². The van der Waals surface area contributed by atoms with E-state index in [0.717, 1.165) is 46.8 Å². The van der Waals surface area contributed by atoms with Crippen LogP contribution in [-0.4, -0.2) is 19.8 Å². The summed E-state index contributed by atoms with van der Waals surface area (Å²) in [6.07, 6.45) is 1.77. The van der Waals surface area contributed by atoms with Crippen LogP contribution in [0.5, 0.6) is 0 Å². The van der Waals surface area contributed by atoms with Gasteiger partial charge in [0.2, 0.25) is 4.80 Å². The number of nitrogens with zero attached hydrogens (tertiary/aromatic N) is 5. The van der Waals surface area contributed by atoms with E-state index in [1.54, 1.807) is 10.7 Å². The minimum Gasteiger partial charge on any atom is -0.283 e.